The van der Waals surface area contributed by atoms with Crippen molar-refractivity contribution < 1.29 is 4.79 Å². The van der Waals surface area contributed by atoms with Gasteiger partial charge in [0.1, 0.15) is 0 Å². The summed E-state index contributed by atoms with van der Waals surface area (Å²) in [6, 6.07) is 0. The van der Waals surface area contributed by atoms with Crippen LogP contribution in [0.15, 0.2) is 17.2 Å². The molecule has 0 atom stereocenters. The highest BCUT2D eigenvalue weighted by Crippen LogP contribution is 1.97. The molecule has 0 unspecified atom stereocenters. The summed E-state index contributed by atoms with van der Waals surface area (Å²) in [5, 5.41) is 0. The molecule has 0 radical (unpaired) electrons. The van der Waals surface area contributed by atoms with Gasteiger partial charge in [0.05, 0.1) is 6.54 Å². The van der Waals surface area contributed by atoms with Crippen LogP contribution in [-0.2, 0) is 17.9 Å². The summed E-state index contributed by atoms with van der Waals surface area (Å²) in [6.07, 6.45) is 4.33. The van der Waals surface area contributed by atoms with Gasteiger partial charge in [-0.15, -0.1) is 0 Å². The monoisotopic (exact) mass is 210 g/mol. The predicted molar refractivity (Wildman–Crippen MR) is 58.8 cm³/mol. The van der Waals surface area contributed by atoms with Gasteiger partial charge in [0.25, 0.3) is 0 Å². The zero-order chi connectivity index (χ0) is 11.4. The molecule has 0 aliphatic carbocycles. The molecule has 0 bridgehead atoms. The van der Waals surface area contributed by atoms with E-state index in [0.29, 0.717) is 6.54 Å². The highest BCUT2D eigenvalue weighted by Gasteiger charge is 2.10. The first-order valence-corrected chi connectivity index (χ1v) is 5.34. The number of carbonyl (C=O) groups is 1. The molecule has 0 saturated heterocycles. The van der Waals surface area contributed by atoms with Gasteiger partial charge < -0.3 is 0 Å². The van der Waals surface area contributed by atoms with Crippen LogP contribution in [0.4, 0.5) is 0 Å². The molecule has 4 nitrogen and oxygen atoms in total. The SMILES string of the molecule is CCCn1ccn(CC(=O)C(C)C)c1=O. The molecule has 0 fully saturated rings. The Morgan fingerprint density at radius 1 is 1.33 bits per heavy atom. The Morgan fingerprint density at radius 3 is 2.47 bits per heavy atom. The maximum absolute atomic E-state index is 11.7. The van der Waals surface area contributed by atoms with E-state index >= 15 is 0 Å². The second kappa shape index (κ2) is 4.96. The fourth-order valence-electron chi connectivity index (χ4n) is 1.34. The van der Waals surface area contributed by atoms with Gasteiger partial charge in [0.15, 0.2) is 5.78 Å². The van der Waals surface area contributed by atoms with Crippen molar-refractivity contribution in [2.75, 3.05) is 0 Å². The van der Waals surface area contributed by atoms with Crippen LogP contribution in [0.2, 0.25) is 0 Å². The van der Waals surface area contributed by atoms with E-state index in [-0.39, 0.29) is 23.9 Å². The number of nitrogens with zero attached hydrogens (tertiary/aromatic N) is 2. The first-order valence-electron chi connectivity index (χ1n) is 5.34. The van der Waals surface area contributed by atoms with E-state index < -0.39 is 0 Å². The number of imidazole rings is 1. The van der Waals surface area contributed by atoms with E-state index in [1.165, 1.54) is 4.57 Å². The largest absolute Gasteiger partial charge is 0.328 e. The lowest BCUT2D eigenvalue weighted by molar-refractivity contribution is -0.122. The van der Waals surface area contributed by atoms with E-state index in [2.05, 4.69) is 0 Å². The summed E-state index contributed by atoms with van der Waals surface area (Å²) < 4.78 is 3.10. The molecule has 4 heteroatoms. The Hall–Kier alpha value is -1.32. The molecular formula is C11H18N2O2. The zero-order valence-corrected chi connectivity index (χ0v) is 9.56. The average molecular weight is 210 g/mol. The number of Topliss-reactive ketones (excluding diaryl/α,β-unsaturated/α-hetero) is 1. The van der Waals surface area contributed by atoms with E-state index in [1.807, 2.05) is 20.8 Å². The molecule has 0 amide bonds. The third-order valence-electron chi connectivity index (χ3n) is 2.35. The quantitative estimate of drug-likeness (QED) is 0.735. The summed E-state index contributed by atoms with van der Waals surface area (Å²) in [5.41, 5.74) is -0.0918. The summed E-state index contributed by atoms with van der Waals surface area (Å²) in [5.74, 6) is 0.0674. The van der Waals surface area contributed by atoms with Gasteiger partial charge in [-0.2, -0.15) is 0 Å². The van der Waals surface area contributed by atoms with Gasteiger partial charge in [-0.1, -0.05) is 20.8 Å². The highest BCUT2D eigenvalue weighted by atomic mass is 16.2. The number of rotatable bonds is 5. The molecule has 1 heterocycles. The van der Waals surface area contributed by atoms with Crippen molar-refractivity contribution >= 4 is 5.78 Å². The second-order valence-electron chi connectivity index (χ2n) is 4.02. The third-order valence-corrected chi connectivity index (χ3v) is 2.35. The minimum Gasteiger partial charge on any atom is -0.299 e. The molecule has 15 heavy (non-hydrogen) atoms. The Bertz CT molecular complexity index is 388. The lowest BCUT2D eigenvalue weighted by Crippen LogP contribution is -2.28. The number of hydrogen-bond donors (Lipinski definition) is 0. The van der Waals surface area contributed by atoms with Gasteiger partial charge in [-0.25, -0.2) is 4.79 Å². The lowest BCUT2D eigenvalue weighted by atomic mass is 10.1. The van der Waals surface area contributed by atoms with Gasteiger partial charge in [-0.3, -0.25) is 13.9 Å². The van der Waals surface area contributed by atoms with Crippen LogP contribution in [0.25, 0.3) is 0 Å². The van der Waals surface area contributed by atoms with E-state index in [9.17, 15) is 9.59 Å². The van der Waals surface area contributed by atoms with Crippen LogP contribution in [0.1, 0.15) is 27.2 Å². The van der Waals surface area contributed by atoms with Crippen LogP contribution in [-0.4, -0.2) is 14.9 Å². The first-order chi connectivity index (χ1) is 7.06. The van der Waals surface area contributed by atoms with Gasteiger partial charge in [0.2, 0.25) is 0 Å². The van der Waals surface area contributed by atoms with Crippen LogP contribution in [0.5, 0.6) is 0 Å². The maximum Gasteiger partial charge on any atom is 0.328 e. The van der Waals surface area contributed by atoms with Crippen molar-refractivity contribution in [3.8, 4) is 0 Å². The summed E-state index contributed by atoms with van der Waals surface area (Å²) >= 11 is 0. The minimum absolute atomic E-state index is 0.0218. The second-order valence-corrected chi connectivity index (χ2v) is 4.02. The van der Waals surface area contributed by atoms with E-state index in [0.717, 1.165) is 6.42 Å². The molecular weight excluding hydrogens is 192 g/mol. The fraction of sp³-hybridized carbons (Fsp3) is 0.636. The number of aromatic nitrogens is 2. The Kier molecular flexibility index (Phi) is 3.88. The highest BCUT2D eigenvalue weighted by molar-refractivity contribution is 5.80. The number of hydrogen-bond acceptors (Lipinski definition) is 2. The molecule has 1 aromatic rings. The molecule has 1 aromatic heterocycles. The average Bonchev–Trinajstić information content (AvgIpc) is 2.50. The normalized spacial score (nSPS) is 10.9. The van der Waals surface area contributed by atoms with Gasteiger partial charge >= 0.3 is 5.69 Å². The molecule has 0 saturated carbocycles. The van der Waals surface area contributed by atoms with Crippen molar-refractivity contribution in [3.05, 3.63) is 22.9 Å². The van der Waals surface area contributed by atoms with Crippen molar-refractivity contribution in [2.24, 2.45) is 5.92 Å². The van der Waals surface area contributed by atoms with Crippen LogP contribution in [0, 0.1) is 5.92 Å². The summed E-state index contributed by atoms with van der Waals surface area (Å²) in [6.45, 7) is 6.60. The number of ketones is 1. The molecule has 0 aromatic carbocycles. The Morgan fingerprint density at radius 2 is 1.93 bits per heavy atom. The standard InChI is InChI=1S/C11H18N2O2/c1-4-5-12-6-7-13(11(12)15)8-10(14)9(2)3/h6-7,9H,4-5,8H2,1-3H3. The molecule has 0 aliphatic heterocycles. The molecule has 1 rings (SSSR count). The van der Waals surface area contributed by atoms with Crippen molar-refractivity contribution in [1.82, 2.24) is 9.13 Å². The van der Waals surface area contributed by atoms with Gasteiger partial charge in [0, 0.05) is 24.9 Å². The van der Waals surface area contributed by atoms with E-state index in [1.54, 1.807) is 17.0 Å². The predicted octanol–water partition coefficient (Wildman–Crippen LogP) is 1.28. The smallest absolute Gasteiger partial charge is 0.299 e. The minimum atomic E-state index is -0.0918. The number of carbonyl (C=O) groups excluding carboxylic acids is 1. The van der Waals surface area contributed by atoms with Gasteiger partial charge in [-0.05, 0) is 6.42 Å². The molecule has 0 aliphatic rings. The van der Waals surface area contributed by atoms with Crippen LogP contribution < -0.4 is 5.69 Å². The van der Waals surface area contributed by atoms with Crippen molar-refractivity contribution in [3.63, 3.8) is 0 Å². The summed E-state index contributed by atoms with van der Waals surface area (Å²) in [4.78, 5) is 23.2. The topological polar surface area (TPSA) is 44.0 Å². The number of aryl methyl sites for hydroxylation is 1. The Labute approximate surface area is 89.5 Å². The lowest BCUT2D eigenvalue weighted by Gasteiger charge is -2.03. The molecule has 0 spiro atoms. The fourth-order valence-corrected chi connectivity index (χ4v) is 1.34. The van der Waals surface area contributed by atoms with Crippen molar-refractivity contribution in [2.45, 2.75) is 40.3 Å². The maximum atomic E-state index is 11.7. The third kappa shape index (κ3) is 2.81. The van der Waals surface area contributed by atoms with Crippen LogP contribution in [0.3, 0.4) is 0 Å². The van der Waals surface area contributed by atoms with E-state index in [4.69, 9.17) is 0 Å². The Balaban J connectivity index is 2.79. The first kappa shape index (κ1) is 11.8. The van der Waals surface area contributed by atoms with Crippen molar-refractivity contribution in [1.29, 1.82) is 0 Å². The van der Waals surface area contributed by atoms with Crippen LogP contribution >= 0.6 is 0 Å². The summed E-state index contributed by atoms with van der Waals surface area (Å²) in [7, 11) is 0. The molecule has 0 N–H and O–H groups in total. The zero-order valence-electron chi connectivity index (χ0n) is 9.56. The molecule has 84 valence electrons.